The maximum absolute atomic E-state index is 13.5. The van der Waals surface area contributed by atoms with Crippen LogP contribution >= 0.6 is 27.5 Å². The van der Waals surface area contributed by atoms with Crippen molar-refractivity contribution in [2.24, 2.45) is 0 Å². The van der Waals surface area contributed by atoms with Gasteiger partial charge in [0.1, 0.15) is 5.82 Å². The largest absolute Gasteiger partial charge is 0.224 e. The van der Waals surface area contributed by atoms with Gasteiger partial charge in [0.25, 0.3) is 0 Å². The Labute approximate surface area is 137 Å². The smallest absolute Gasteiger partial charge is 0.175 e. The van der Waals surface area contributed by atoms with E-state index in [4.69, 9.17) is 11.6 Å². The normalized spacial score (nSPS) is 13.2. The van der Waals surface area contributed by atoms with Crippen molar-refractivity contribution < 1.29 is 12.8 Å². The van der Waals surface area contributed by atoms with Crippen molar-refractivity contribution in [2.45, 2.75) is 16.6 Å². The van der Waals surface area contributed by atoms with Crippen molar-refractivity contribution in [1.82, 2.24) is 0 Å². The van der Waals surface area contributed by atoms with Crippen LogP contribution in [0.25, 0.3) is 0 Å². The van der Waals surface area contributed by atoms with Crippen LogP contribution in [-0.4, -0.2) is 14.7 Å². The van der Waals surface area contributed by atoms with E-state index in [-0.39, 0.29) is 15.5 Å². The molecule has 0 spiro atoms. The lowest BCUT2D eigenvalue weighted by atomic mass is 10.0. The molecule has 21 heavy (non-hydrogen) atoms. The first-order valence-electron chi connectivity index (χ1n) is 6.10. The summed E-state index contributed by atoms with van der Waals surface area (Å²) in [5.41, 5.74) is 1.92. The average molecular weight is 392 g/mol. The molecule has 0 fully saturated rings. The van der Waals surface area contributed by atoms with Crippen LogP contribution in [0.3, 0.4) is 0 Å². The van der Waals surface area contributed by atoms with E-state index < -0.39 is 9.84 Å². The maximum Gasteiger partial charge on any atom is 0.175 e. The number of alkyl halides is 1. The van der Waals surface area contributed by atoms with Gasteiger partial charge in [0.2, 0.25) is 0 Å². The minimum Gasteiger partial charge on any atom is -0.224 e. The number of hydrogen-bond donors (Lipinski definition) is 0. The molecule has 2 rings (SSSR count). The van der Waals surface area contributed by atoms with Gasteiger partial charge in [0, 0.05) is 11.3 Å². The zero-order valence-corrected chi connectivity index (χ0v) is 14.6. The molecule has 0 radical (unpaired) electrons. The Balaban J connectivity index is 2.50. The molecule has 2 nitrogen and oxygen atoms in total. The van der Waals surface area contributed by atoms with E-state index in [0.29, 0.717) is 16.1 Å². The summed E-state index contributed by atoms with van der Waals surface area (Å²) in [5, 5.41) is 0.296. The Morgan fingerprint density at radius 3 is 2.52 bits per heavy atom. The van der Waals surface area contributed by atoms with E-state index in [1.54, 1.807) is 31.2 Å². The summed E-state index contributed by atoms with van der Waals surface area (Å²) in [6.45, 7) is 1.65. The van der Waals surface area contributed by atoms with Gasteiger partial charge in [-0.3, -0.25) is 0 Å². The molecule has 112 valence electrons. The Morgan fingerprint density at radius 1 is 1.24 bits per heavy atom. The van der Waals surface area contributed by atoms with E-state index >= 15 is 0 Å². The quantitative estimate of drug-likeness (QED) is 0.712. The monoisotopic (exact) mass is 390 g/mol. The number of sulfone groups is 1. The van der Waals surface area contributed by atoms with Crippen molar-refractivity contribution >= 4 is 37.4 Å². The third kappa shape index (κ3) is 3.65. The fraction of sp³-hybridized carbons (Fsp3) is 0.200. The first kappa shape index (κ1) is 16.5. The molecular weight excluding hydrogens is 379 g/mol. The number of halogens is 3. The van der Waals surface area contributed by atoms with Crippen LogP contribution in [0.15, 0.2) is 41.3 Å². The third-order valence-corrected chi connectivity index (χ3v) is 5.59. The van der Waals surface area contributed by atoms with Crippen LogP contribution in [-0.2, 0) is 9.84 Å². The first-order chi connectivity index (χ1) is 9.70. The first-order valence-corrected chi connectivity index (χ1v) is 9.28. The lowest BCUT2D eigenvalue weighted by Gasteiger charge is -2.14. The van der Waals surface area contributed by atoms with Gasteiger partial charge in [-0.15, -0.1) is 0 Å². The fourth-order valence-electron chi connectivity index (χ4n) is 1.96. The van der Waals surface area contributed by atoms with Crippen LogP contribution in [0.1, 0.15) is 21.5 Å². The Morgan fingerprint density at radius 2 is 1.90 bits per heavy atom. The van der Waals surface area contributed by atoms with Gasteiger partial charge in [-0.25, -0.2) is 12.8 Å². The Kier molecular flexibility index (Phi) is 4.76. The van der Waals surface area contributed by atoms with Crippen molar-refractivity contribution in [3.05, 3.63) is 63.9 Å². The molecule has 0 aliphatic carbocycles. The summed E-state index contributed by atoms with van der Waals surface area (Å²) in [7, 11) is -3.28. The summed E-state index contributed by atoms with van der Waals surface area (Å²) >= 11 is 9.59. The fourth-order valence-corrected chi connectivity index (χ4v) is 3.69. The number of aryl methyl sites for hydroxylation is 1. The topological polar surface area (TPSA) is 34.1 Å². The highest BCUT2D eigenvalue weighted by atomic mass is 79.9. The van der Waals surface area contributed by atoms with Gasteiger partial charge in [0.15, 0.2) is 9.84 Å². The SMILES string of the molecule is Cc1cc(C(Br)c2cccc(S(C)(=O)=O)c2)c(Cl)cc1F. The summed E-state index contributed by atoms with van der Waals surface area (Å²) in [5.74, 6) is -0.367. The van der Waals surface area contributed by atoms with Gasteiger partial charge in [-0.1, -0.05) is 45.7 Å². The lowest BCUT2D eigenvalue weighted by Crippen LogP contribution is -2.01. The van der Waals surface area contributed by atoms with E-state index in [2.05, 4.69) is 15.9 Å². The molecule has 0 aromatic heterocycles. The molecule has 1 atom stereocenters. The molecule has 0 aliphatic rings. The third-order valence-electron chi connectivity index (χ3n) is 3.13. The minimum absolute atomic E-state index is 0.236. The summed E-state index contributed by atoms with van der Waals surface area (Å²) in [6, 6.07) is 9.51. The zero-order valence-electron chi connectivity index (χ0n) is 11.4. The number of hydrogen-bond acceptors (Lipinski definition) is 2. The van der Waals surface area contributed by atoms with Crippen LogP contribution in [0.4, 0.5) is 4.39 Å². The van der Waals surface area contributed by atoms with E-state index in [1.807, 2.05) is 0 Å². The van der Waals surface area contributed by atoms with Crippen molar-refractivity contribution in [3.63, 3.8) is 0 Å². The molecule has 0 saturated heterocycles. The van der Waals surface area contributed by atoms with Crippen molar-refractivity contribution in [2.75, 3.05) is 6.26 Å². The van der Waals surface area contributed by atoms with Gasteiger partial charge in [-0.05, 0) is 41.8 Å². The molecule has 1 unspecified atom stereocenters. The molecule has 2 aromatic carbocycles. The second-order valence-corrected chi connectivity index (χ2v) is 8.17. The van der Waals surface area contributed by atoms with Crippen LogP contribution < -0.4 is 0 Å². The van der Waals surface area contributed by atoms with E-state index in [1.165, 1.54) is 12.1 Å². The molecule has 0 saturated carbocycles. The summed E-state index contributed by atoms with van der Waals surface area (Å²) in [6.07, 6.45) is 1.16. The van der Waals surface area contributed by atoms with Gasteiger partial charge >= 0.3 is 0 Å². The van der Waals surface area contributed by atoms with Crippen molar-refractivity contribution in [1.29, 1.82) is 0 Å². The zero-order chi connectivity index (χ0) is 15.8. The second-order valence-electron chi connectivity index (χ2n) is 4.83. The second kappa shape index (κ2) is 6.07. The molecule has 0 N–H and O–H groups in total. The van der Waals surface area contributed by atoms with Gasteiger partial charge < -0.3 is 0 Å². The highest BCUT2D eigenvalue weighted by Crippen LogP contribution is 2.37. The Bertz CT molecular complexity index is 790. The highest BCUT2D eigenvalue weighted by Gasteiger charge is 2.17. The maximum atomic E-state index is 13.5. The molecule has 6 heteroatoms. The standard InChI is InChI=1S/C15H13BrClFO2S/c1-9-6-12(13(17)8-14(9)18)15(16)10-4-3-5-11(7-10)21(2,19)20/h3-8,15H,1-2H3. The number of benzene rings is 2. The minimum atomic E-state index is -3.28. The predicted octanol–water partition coefficient (Wildman–Crippen LogP) is 4.68. The van der Waals surface area contributed by atoms with Gasteiger partial charge in [0.05, 0.1) is 9.72 Å². The van der Waals surface area contributed by atoms with Gasteiger partial charge in [-0.2, -0.15) is 0 Å². The summed E-state index contributed by atoms with van der Waals surface area (Å²) in [4.78, 5) is -0.0783. The molecule has 0 heterocycles. The van der Waals surface area contributed by atoms with Crippen LogP contribution in [0.5, 0.6) is 0 Å². The predicted molar refractivity (Wildman–Crippen MR) is 86.5 cm³/mol. The molecule has 0 aliphatic heterocycles. The number of rotatable bonds is 3. The molecule has 0 amide bonds. The average Bonchev–Trinajstić information content (AvgIpc) is 2.41. The van der Waals surface area contributed by atoms with E-state index in [0.717, 1.165) is 11.8 Å². The lowest BCUT2D eigenvalue weighted by molar-refractivity contribution is 0.601. The van der Waals surface area contributed by atoms with Crippen LogP contribution in [0, 0.1) is 12.7 Å². The van der Waals surface area contributed by atoms with E-state index in [9.17, 15) is 12.8 Å². The van der Waals surface area contributed by atoms with Crippen molar-refractivity contribution in [3.8, 4) is 0 Å². The molecule has 0 bridgehead atoms. The molecular formula is C15H13BrClFO2S. The highest BCUT2D eigenvalue weighted by molar-refractivity contribution is 9.09. The Hall–Kier alpha value is -0.910. The van der Waals surface area contributed by atoms with Crippen LogP contribution in [0.2, 0.25) is 5.02 Å². The molecule has 2 aromatic rings. The summed E-state index contributed by atoms with van der Waals surface area (Å²) < 4.78 is 36.7.